The molecule has 2 N–H and O–H groups in total. The van der Waals surface area contributed by atoms with Crippen molar-refractivity contribution in [1.82, 2.24) is 0 Å². The molecule has 0 radical (unpaired) electrons. The molecule has 36 heavy (non-hydrogen) atoms. The lowest BCUT2D eigenvalue weighted by atomic mass is 9.48. The van der Waals surface area contributed by atoms with Crippen LogP contribution in [0.2, 0.25) is 0 Å². The smallest absolute Gasteiger partial charge is 0.344 e. The van der Waals surface area contributed by atoms with Crippen LogP contribution in [0.5, 0.6) is 11.5 Å². The maximum atomic E-state index is 13.0. The molecule has 0 unspecified atom stereocenters. The van der Waals surface area contributed by atoms with E-state index >= 15 is 0 Å². The second-order valence-corrected chi connectivity index (χ2v) is 11.2. The zero-order chi connectivity index (χ0) is 25.1. The third kappa shape index (κ3) is 5.21. The minimum atomic E-state index is -0.398. The molecule has 6 rings (SSSR count). The predicted molar refractivity (Wildman–Crippen MR) is 141 cm³/mol. The monoisotopic (exact) mass is 487 g/mol. The molecule has 2 aromatic rings. The summed E-state index contributed by atoms with van der Waals surface area (Å²) in [5, 5.41) is 0. The quantitative estimate of drug-likeness (QED) is 0.225. The standard InChI is InChI=1S/C31H37NO4/c1-2-24-8-5-6-9-26(24)30(34)36-25-11-12-27(28(17-25)35-13-7-3-4-10-29(32)33)31-18-21-14-22(19-31)16-23(15-21)20-31/h2,5-6,8-9,11-12,17,21-23H,1,3-4,7,10,13-16,18-20H2,(H2,32,33). The molecule has 0 atom stereocenters. The summed E-state index contributed by atoms with van der Waals surface area (Å²) in [4.78, 5) is 24.0. The fraction of sp³-hybridized carbons (Fsp3) is 0.484. The van der Waals surface area contributed by atoms with Gasteiger partial charge < -0.3 is 15.2 Å². The summed E-state index contributed by atoms with van der Waals surface area (Å²) in [6.07, 6.45) is 12.5. The van der Waals surface area contributed by atoms with E-state index in [9.17, 15) is 9.59 Å². The normalized spacial score (nSPS) is 25.9. The van der Waals surface area contributed by atoms with Crippen LogP contribution in [0, 0.1) is 17.8 Å². The molecule has 0 aromatic heterocycles. The first-order valence-electron chi connectivity index (χ1n) is 13.4. The minimum Gasteiger partial charge on any atom is -0.493 e. The van der Waals surface area contributed by atoms with Crippen molar-refractivity contribution in [3.8, 4) is 11.5 Å². The zero-order valence-corrected chi connectivity index (χ0v) is 21.0. The van der Waals surface area contributed by atoms with Crippen molar-refractivity contribution in [3.05, 3.63) is 65.7 Å². The average Bonchev–Trinajstić information content (AvgIpc) is 2.85. The third-order valence-corrected chi connectivity index (χ3v) is 8.50. The molecule has 2 aromatic carbocycles. The van der Waals surface area contributed by atoms with E-state index in [0.717, 1.165) is 48.3 Å². The first-order chi connectivity index (χ1) is 17.5. The van der Waals surface area contributed by atoms with Gasteiger partial charge in [0.25, 0.3) is 0 Å². The Bertz CT molecular complexity index is 1100. The van der Waals surface area contributed by atoms with Crippen LogP contribution in [0.25, 0.3) is 6.08 Å². The Morgan fingerprint density at radius 1 is 0.972 bits per heavy atom. The number of rotatable bonds is 11. The third-order valence-electron chi connectivity index (χ3n) is 8.50. The molecule has 0 heterocycles. The van der Waals surface area contributed by atoms with Gasteiger partial charge in [0.15, 0.2) is 0 Å². The van der Waals surface area contributed by atoms with Gasteiger partial charge in [-0.15, -0.1) is 0 Å². The van der Waals surface area contributed by atoms with Crippen molar-refractivity contribution >= 4 is 18.0 Å². The van der Waals surface area contributed by atoms with Crippen LogP contribution in [0.3, 0.4) is 0 Å². The number of hydrogen-bond donors (Lipinski definition) is 1. The highest BCUT2D eigenvalue weighted by molar-refractivity contribution is 5.94. The molecule has 4 aliphatic carbocycles. The summed E-state index contributed by atoms with van der Waals surface area (Å²) >= 11 is 0. The number of esters is 1. The van der Waals surface area contributed by atoms with E-state index in [-0.39, 0.29) is 11.3 Å². The van der Waals surface area contributed by atoms with Crippen LogP contribution in [-0.2, 0) is 10.2 Å². The van der Waals surface area contributed by atoms with Gasteiger partial charge in [0, 0.05) is 18.1 Å². The Morgan fingerprint density at radius 2 is 1.67 bits per heavy atom. The Hall–Kier alpha value is -3.08. The van der Waals surface area contributed by atoms with E-state index in [1.54, 1.807) is 12.1 Å². The summed E-state index contributed by atoms with van der Waals surface area (Å²) in [6, 6.07) is 13.3. The maximum Gasteiger partial charge on any atom is 0.344 e. The molecule has 4 saturated carbocycles. The summed E-state index contributed by atoms with van der Waals surface area (Å²) in [5.74, 6) is 3.16. The van der Waals surface area contributed by atoms with E-state index in [0.29, 0.717) is 24.3 Å². The van der Waals surface area contributed by atoms with Crippen molar-refractivity contribution in [2.75, 3.05) is 6.61 Å². The van der Waals surface area contributed by atoms with Crippen molar-refractivity contribution in [2.45, 2.75) is 69.6 Å². The number of carbonyl (C=O) groups is 2. The van der Waals surface area contributed by atoms with Gasteiger partial charge >= 0.3 is 5.97 Å². The minimum absolute atomic E-state index is 0.175. The highest BCUT2D eigenvalue weighted by Crippen LogP contribution is 2.62. The molecule has 190 valence electrons. The van der Waals surface area contributed by atoms with E-state index < -0.39 is 5.97 Å². The highest BCUT2D eigenvalue weighted by Gasteiger charge is 2.52. The maximum absolute atomic E-state index is 13.0. The molecular weight excluding hydrogens is 450 g/mol. The topological polar surface area (TPSA) is 78.6 Å². The molecule has 4 fully saturated rings. The van der Waals surface area contributed by atoms with Crippen LogP contribution < -0.4 is 15.2 Å². The summed E-state index contributed by atoms with van der Waals surface area (Å²) in [7, 11) is 0. The Labute approximate surface area is 214 Å². The fourth-order valence-corrected chi connectivity index (χ4v) is 7.35. The molecule has 4 bridgehead atoms. The van der Waals surface area contributed by atoms with Gasteiger partial charge in [-0.3, -0.25) is 4.79 Å². The SMILES string of the molecule is C=Cc1ccccc1C(=O)Oc1ccc(C23CC4CC(CC(C4)C2)C3)c(OCCCCCC(N)=O)c1. The summed E-state index contributed by atoms with van der Waals surface area (Å²) in [5.41, 5.74) is 7.96. The van der Waals surface area contributed by atoms with Crippen LogP contribution in [-0.4, -0.2) is 18.5 Å². The first kappa shape index (κ1) is 24.6. The van der Waals surface area contributed by atoms with Crippen molar-refractivity contribution in [2.24, 2.45) is 23.5 Å². The van der Waals surface area contributed by atoms with Gasteiger partial charge in [0.1, 0.15) is 11.5 Å². The summed E-state index contributed by atoms with van der Waals surface area (Å²) in [6.45, 7) is 4.37. The van der Waals surface area contributed by atoms with Crippen LogP contribution in [0.15, 0.2) is 49.0 Å². The molecule has 0 saturated heterocycles. The summed E-state index contributed by atoms with van der Waals surface area (Å²) < 4.78 is 12.2. The Morgan fingerprint density at radius 3 is 2.33 bits per heavy atom. The van der Waals surface area contributed by atoms with Gasteiger partial charge in [-0.1, -0.05) is 36.9 Å². The van der Waals surface area contributed by atoms with Crippen LogP contribution in [0.4, 0.5) is 0 Å². The Balaban J connectivity index is 1.36. The number of unbranched alkanes of at least 4 members (excludes halogenated alkanes) is 2. The van der Waals surface area contributed by atoms with Crippen molar-refractivity contribution in [1.29, 1.82) is 0 Å². The molecular formula is C31H37NO4. The fourth-order valence-electron chi connectivity index (χ4n) is 7.35. The lowest BCUT2D eigenvalue weighted by Gasteiger charge is -2.57. The molecule has 5 heteroatoms. The number of hydrogen-bond acceptors (Lipinski definition) is 4. The average molecular weight is 488 g/mol. The number of carbonyl (C=O) groups excluding carboxylic acids is 2. The van der Waals surface area contributed by atoms with Gasteiger partial charge in [-0.05, 0) is 98.7 Å². The second kappa shape index (κ2) is 10.5. The van der Waals surface area contributed by atoms with E-state index in [2.05, 4.69) is 12.6 Å². The van der Waals surface area contributed by atoms with Crippen LogP contribution in [0.1, 0.15) is 85.7 Å². The van der Waals surface area contributed by atoms with Gasteiger partial charge in [-0.25, -0.2) is 4.79 Å². The Kier molecular flexibility index (Phi) is 7.17. The lowest BCUT2D eigenvalue weighted by Crippen LogP contribution is -2.48. The van der Waals surface area contributed by atoms with Gasteiger partial charge in [0.2, 0.25) is 5.91 Å². The number of amides is 1. The molecule has 5 nitrogen and oxygen atoms in total. The number of primary amides is 1. The molecule has 1 amide bonds. The second-order valence-electron chi connectivity index (χ2n) is 11.2. The molecule has 0 aliphatic heterocycles. The van der Waals surface area contributed by atoms with Crippen molar-refractivity contribution < 1.29 is 19.1 Å². The van der Waals surface area contributed by atoms with E-state index in [1.165, 1.54) is 44.1 Å². The number of ether oxygens (including phenoxy) is 2. The molecule has 0 spiro atoms. The zero-order valence-electron chi connectivity index (χ0n) is 21.0. The van der Waals surface area contributed by atoms with Crippen molar-refractivity contribution in [3.63, 3.8) is 0 Å². The van der Waals surface area contributed by atoms with Gasteiger partial charge in [-0.2, -0.15) is 0 Å². The largest absolute Gasteiger partial charge is 0.493 e. The first-order valence-corrected chi connectivity index (χ1v) is 13.4. The molecule has 4 aliphatic rings. The number of nitrogens with two attached hydrogens (primary N) is 1. The number of benzene rings is 2. The van der Waals surface area contributed by atoms with Crippen LogP contribution >= 0.6 is 0 Å². The van der Waals surface area contributed by atoms with E-state index in [1.807, 2.05) is 30.3 Å². The highest BCUT2D eigenvalue weighted by atomic mass is 16.5. The lowest BCUT2D eigenvalue weighted by molar-refractivity contribution is -0.118. The van der Waals surface area contributed by atoms with Gasteiger partial charge in [0.05, 0.1) is 12.2 Å². The predicted octanol–water partition coefficient (Wildman–Crippen LogP) is 6.44. The van der Waals surface area contributed by atoms with E-state index in [4.69, 9.17) is 15.2 Å².